The van der Waals surface area contributed by atoms with E-state index < -0.39 is 5.92 Å². The Labute approximate surface area is 121 Å². The molecule has 0 heterocycles. The highest BCUT2D eigenvalue weighted by atomic mass is 35.5. The highest BCUT2D eigenvalue weighted by molar-refractivity contribution is 5.85. The zero-order valence-electron chi connectivity index (χ0n) is 11.3. The van der Waals surface area contributed by atoms with Crippen LogP contribution in [0.3, 0.4) is 0 Å². The molecule has 3 heteroatoms. The fourth-order valence-electron chi connectivity index (χ4n) is 2.80. The molecule has 1 aliphatic carbocycles. The largest absolute Gasteiger partial charge is 0.248 e. The van der Waals surface area contributed by atoms with Crippen LogP contribution >= 0.6 is 12.4 Å². The predicted octanol–water partition coefficient (Wildman–Crippen LogP) is 5.65. The van der Waals surface area contributed by atoms with E-state index in [1.807, 2.05) is 6.07 Å². The molecule has 0 saturated heterocycles. The molecule has 2 rings (SSSR count). The molecule has 0 atom stereocenters. The normalized spacial score (nSPS) is 18.8. The van der Waals surface area contributed by atoms with E-state index in [1.165, 1.54) is 18.4 Å². The van der Waals surface area contributed by atoms with Crippen molar-refractivity contribution in [1.82, 2.24) is 0 Å². The lowest BCUT2D eigenvalue weighted by Gasteiger charge is -2.28. The molecule has 0 nitrogen and oxygen atoms in total. The maximum atomic E-state index is 13.0. The molecule has 1 aliphatic rings. The second kappa shape index (κ2) is 7.84. The van der Waals surface area contributed by atoms with E-state index >= 15 is 0 Å². The fourth-order valence-corrected chi connectivity index (χ4v) is 2.80. The van der Waals surface area contributed by atoms with Gasteiger partial charge in [0.2, 0.25) is 5.92 Å². The van der Waals surface area contributed by atoms with E-state index in [0.717, 1.165) is 25.7 Å². The van der Waals surface area contributed by atoms with Crippen molar-refractivity contribution < 1.29 is 8.78 Å². The molecule has 0 unspecified atom stereocenters. The first kappa shape index (κ1) is 16.4. The molecule has 0 amide bonds. The molecular formula is C16H23ClF2. The number of hydrogen-bond donors (Lipinski definition) is 0. The molecule has 0 N–H and O–H groups in total. The Hall–Kier alpha value is -0.630. The second-order valence-electron chi connectivity index (χ2n) is 5.53. The van der Waals surface area contributed by atoms with Crippen molar-refractivity contribution in [2.75, 3.05) is 0 Å². The highest BCUT2D eigenvalue weighted by Crippen LogP contribution is 2.37. The van der Waals surface area contributed by atoms with Crippen molar-refractivity contribution in [1.29, 1.82) is 0 Å². The van der Waals surface area contributed by atoms with Crippen LogP contribution in [0, 0.1) is 5.92 Å². The van der Waals surface area contributed by atoms with Crippen molar-refractivity contribution in [2.24, 2.45) is 5.92 Å². The van der Waals surface area contributed by atoms with E-state index in [4.69, 9.17) is 0 Å². The molecule has 1 saturated carbocycles. The Morgan fingerprint density at radius 1 is 1.00 bits per heavy atom. The maximum Gasteiger partial charge on any atom is 0.248 e. The van der Waals surface area contributed by atoms with Gasteiger partial charge in [-0.05, 0) is 37.2 Å². The van der Waals surface area contributed by atoms with Gasteiger partial charge in [0.25, 0.3) is 0 Å². The summed E-state index contributed by atoms with van der Waals surface area (Å²) in [5.74, 6) is -1.83. The summed E-state index contributed by atoms with van der Waals surface area (Å²) >= 11 is 0. The fraction of sp³-hybridized carbons (Fsp3) is 0.625. The zero-order valence-corrected chi connectivity index (χ0v) is 12.1. The van der Waals surface area contributed by atoms with Gasteiger partial charge in [0, 0.05) is 12.8 Å². The minimum absolute atomic E-state index is 0. The smallest absolute Gasteiger partial charge is 0.207 e. The summed E-state index contributed by atoms with van der Waals surface area (Å²) in [6, 6.07) is 10.5. The van der Waals surface area contributed by atoms with Crippen LogP contribution < -0.4 is 0 Å². The van der Waals surface area contributed by atoms with Gasteiger partial charge < -0.3 is 0 Å². The zero-order chi connectivity index (χ0) is 12.8. The number of rotatable bonds is 5. The summed E-state index contributed by atoms with van der Waals surface area (Å²) < 4.78 is 26.0. The van der Waals surface area contributed by atoms with Gasteiger partial charge in [0.05, 0.1) is 0 Å². The first-order valence-corrected chi connectivity index (χ1v) is 7.07. The summed E-state index contributed by atoms with van der Waals surface area (Å²) in [4.78, 5) is 0. The van der Waals surface area contributed by atoms with Gasteiger partial charge >= 0.3 is 0 Å². The molecule has 1 aromatic carbocycles. The van der Waals surface area contributed by atoms with Gasteiger partial charge in [-0.2, -0.15) is 0 Å². The molecule has 1 fully saturated rings. The van der Waals surface area contributed by atoms with Crippen molar-refractivity contribution >= 4 is 12.4 Å². The van der Waals surface area contributed by atoms with Gasteiger partial charge in [0.1, 0.15) is 0 Å². The number of unbranched alkanes of at least 4 members (excludes halogenated alkanes) is 1. The standard InChI is InChI=1S/C16H22F2.ClH/c17-16(18)12-10-15(11-13-16)9-5-4-8-14-6-2-1-3-7-14;/h1-3,6-7,15H,4-5,8-13H2;1H. The van der Waals surface area contributed by atoms with Crippen molar-refractivity contribution in [3.8, 4) is 0 Å². The maximum absolute atomic E-state index is 13.0. The van der Waals surface area contributed by atoms with E-state index in [1.54, 1.807) is 0 Å². The summed E-state index contributed by atoms with van der Waals surface area (Å²) in [5, 5.41) is 0. The third-order valence-electron chi connectivity index (χ3n) is 4.01. The minimum atomic E-state index is -2.37. The lowest BCUT2D eigenvalue weighted by molar-refractivity contribution is -0.0466. The van der Waals surface area contributed by atoms with Crippen LogP contribution in [0.15, 0.2) is 30.3 Å². The Morgan fingerprint density at radius 3 is 2.26 bits per heavy atom. The topological polar surface area (TPSA) is 0 Å². The lowest BCUT2D eigenvalue weighted by atomic mass is 9.83. The Balaban J connectivity index is 0.00000180. The Bertz CT molecular complexity index is 341. The average molecular weight is 289 g/mol. The number of hydrogen-bond acceptors (Lipinski definition) is 0. The SMILES string of the molecule is Cl.FC1(F)CCC(CCCCc2ccccc2)CC1. The molecule has 0 aromatic heterocycles. The second-order valence-corrected chi connectivity index (χ2v) is 5.53. The average Bonchev–Trinajstić information content (AvgIpc) is 2.37. The molecule has 108 valence electrons. The lowest BCUT2D eigenvalue weighted by Crippen LogP contribution is -2.24. The van der Waals surface area contributed by atoms with E-state index in [-0.39, 0.29) is 25.2 Å². The monoisotopic (exact) mass is 288 g/mol. The third-order valence-corrected chi connectivity index (χ3v) is 4.01. The summed E-state index contributed by atoms with van der Waals surface area (Å²) in [6.07, 6.45) is 6.25. The highest BCUT2D eigenvalue weighted by Gasteiger charge is 2.34. The van der Waals surface area contributed by atoms with Crippen LogP contribution in [-0.2, 0) is 6.42 Å². The van der Waals surface area contributed by atoms with Gasteiger partial charge in [-0.15, -0.1) is 12.4 Å². The number of halogens is 3. The molecule has 0 bridgehead atoms. The third kappa shape index (κ3) is 5.90. The van der Waals surface area contributed by atoms with Crippen LogP contribution in [0.4, 0.5) is 8.78 Å². The van der Waals surface area contributed by atoms with Gasteiger partial charge in [-0.1, -0.05) is 43.2 Å². The first-order valence-electron chi connectivity index (χ1n) is 7.07. The Kier molecular flexibility index (Phi) is 6.78. The van der Waals surface area contributed by atoms with Crippen LogP contribution in [0.25, 0.3) is 0 Å². The number of benzene rings is 1. The summed E-state index contributed by atoms with van der Waals surface area (Å²) in [6.45, 7) is 0. The van der Waals surface area contributed by atoms with Crippen LogP contribution in [0.5, 0.6) is 0 Å². The molecule has 0 aliphatic heterocycles. The first-order chi connectivity index (χ1) is 8.66. The summed E-state index contributed by atoms with van der Waals surface area (Å²) in [7, 11) is 0. The van der Waals surface area contributed by atoms with Gasteiger partial charge in [0.15, 0.2) is 0 Å². The van der Waals surface area contributed by atoms with Crippen LogP contribution in [-0.4, -0.2) is 5.92 Å². The van der Waals surface area contributed by atoms with E-state index in [0.29, 0.717) is 5.92 Å². The number of alkyl halides is 2. The number of aryl methyl sites for hydroxylation is 1. The quantitative estimate of drug-likeness (QED) is 0.615. The van der Waals surface area contributed by atoms with Crippen LogP contribution in [0.2, 0.25) is 0 Å². The Morgan fingerprint density at radius 2 is 1.63 bits per heavy atom. The van der Waals surface area contributed by atoms with Crippen molar-refractivity contribution in [2.45, 2.75) is 57.3 Å². The summed E-state index contributed by atoms with van der Waals surface area (Å²) in [5.41, 5.74) is 1.38. The van der Waals surface area contributed by atoms with E-state index in [2.05, 4.69) is 24.3 Å². The van der Waals surface area contributed by atoms with Crippen molar-refractivity contribution in [3.63, 3.8) is 0 Å². The van der Waals surface area contributed by atoms with Crippen molar-refractivity contribution in [3.05, 3.63) is 35.9 Å². The molecule has 0 radical (unpaired) electrons. The molecule has 1 aromatic rings. The van der Waals surface area contributed by atoms with Gasteiger partial charge in [-0.25, -0.2) is 8.78 Å². The van der Waals surface area contributed by atoms with Gasteiger partial charge in [-0.3, -0.25) is 0 Å². The molecule has 0 spiro atoms. The molecule has 19 heavy (non-hydrogen) atoms. The molecular weight excluding hydrogens is 266 g/mol. The van der Waals surface area contributed by atoms with E-state index in [9.17, 15) is 8.78 Å². The van der Waals surface area contributed by atoms with Crippen LogP contribution in [0.1, 0.15) is 50.5 Å². The minimum Gasteiger partial charge on any atom is -0.207 e. The predicted molar refractivity (Wildman–Crippen MR) is 78.2 cm³/mol.